The minimum Gasteiger partial charge on any atom is -0.379 e. The van der Waals surface area contributed by atoms with E-state index in [1.807, 2.05) is 6.92 Å². The Kier molecular flexibility index (Phi) is 9.85. The molecule has 0 aromatic carbocycles. The highest BCUT2D eigenvalue weighted by Gasteiger charge is 1.87. The first kappa shape index (κ1) is 10.9. The lowest BCUT2D eigenvalue weighted by Crippen LogP contribution is -2.04. The second-order valence-corrected chi connectivity index (χ2v) is 2.37. The molecule has 0 N–H and O–H groups in total. The summed E-state index contributed by atoms with van der Waals surface area (Å²) < 4.78 is 10.4. The summed E-state index contributed by atoms with van der Waals surface area (Å²) >= 11 is 0. The highest BCUT2D eigenvalue weighted by Crippen LogP contribution is 1.93. The minimum atomic E-state index is 0.723. The minimum absolute atomic E-state index is 0.723. The molecule has 0 aromatic rings. The topological polar surface area (TPSA) is 18.5 Å². The van der Waals surface area contributed by atoms with Crippen molar-refractivity contribution in [2.75, 3.05) is 26.4 Å². The van der Waals surface area contributed by atoms with Gasteiger partial charge in [0.2, 0.25) is 0 Å². The van der Waals surface area contributed by atoms with Crippen LogP contribution < -0.4 is 0 Å². The Hall–Kier alpha value is -0.0800. The summed E-state index contributed by atoms with van der Waals surface area (Å²) in [7, 11) is 0. The van der Waals surface area contributed by atoms with Gasteiger partial charge < -0.3 is 9.47 Å². The normalized spacial score (nSPS) is 10.4. The van der Waals surface area contributed by atoms with Crippen LogP contribution in [0.4, 0.5) is 0 Å². The first-order valence-corrected chi connectivity index (χ1v) is 4.36. The van der Waals surface area contributed by atoms with Crippen molar-refractivity contribution in [3.05, 3.63) is 6.92 Å². The highest BCUT2D eigenvalue weighted by molar-refractivity contribution is 4.41. The van der Waals surface area contributed by atoms with Crippen LogP contribution in [0, 0.1) is 6.92 Å². The number of hydrogen-bond donors (Lipinski definition) is 0. The lowest BCUT2D eigenvalue weighted by Gasteiger charge is -2.02. The summed E-state index contributed by atoms with van der Waals surface area (Å²) in [6.07, 6.45) is 3.29. The Morgan fingerprint density at radius 3 is 2.36 bits per heavy atom. The molecule has 0 aromatic heterocycles. The molecule has 11 heavy (non-hydrogen) atoms. The summed E-state index contributed by atoms with van der Waals surface area (Å²) in [6, 6.07) is 0. The lowest BCUT2D eigenvalue weighted by molar-refractivity contribution is 0.0515. The fourth-order valence-electron chi connectivity index (χ4n) is 0.745. The fraction of sp³-hybridized carbons (Fsp3) is 0.889. The van der Waals surface area contributed by atoms with E-state index in [0.29, 0.717) is 0 Å². The van der Waals surface area contributed by atoms with Crippen molar-refractivity contribution in [3.8, 4) is 0 Å². The van der Waals surface area contributed by atoms with Crippen molar-refractivity contribution in [2.24, 2.45) is 0 Å². The summed E-state index contributed by atoms with van der Waals surface area (Å²) in [5.74, 6) is 0. The van der Waals surface area contributed by atoms with Gasteiger partial charge >= 0.3 is 0 Å². The molecule has 2 heteroatoms. The maximum absolute atomic E-state index is 5.28. The zero-order valence-corrected chi connectivity index (χ0v) is 7.47. The molecule has 0 amide bonds. The zero-order chi connectivity index (χ0) is 8.36. The number of rotatable bonds is 8. The fourth-order valence-corrected chi connectivity index (χ4v) is 0.745. The van der Waals surface area contributed by atoms with E-state index >= 15 is 0 Å². The number of ether oxygens (including phenoxy) is 2. The maximum atomic E-state index is 5.28. The van der Waals surface area contributed by atoms with Crippen LogP contribution in [0.3, 0.4) is 0 Å². The van der Waals surface area contributed by atoms with Crippen LogP contribution >= 0.6 is 0 Å². The lowest BCUT2D eigenvalue weighted by atomic mass is 10.3. The average molecular weight is 159 g/mol. The molecule has 0 rings (SSSR count). The third kappa shape index (κ3) is 9.92. The van der Waals surface area contributed by atoms with Gasteiger partial charge in [0.05, 0.1) is 13.2 Å². The Bertz CT molecular complexity index is 56.6. The van der Waals surface area contributed by atoms with Gasteiger partial charge in [-0.1, -0.05) is 19.8 Å². The highest BCUT2D eigenvalue weighted by atomic mass is 16.5. The van der Waals surface area contributed by atoms with Gasteiger partial charge in [0.15, 0.2) is 0 Å². The van der Waals surface area contributed by atoms with Gasteiger partial charge in [0.25, 0.3) is 0 Å². The first-order chi connectivity index (χ1) is 5.41. The molecule has 0 fully saturated rings. The molecule has 0 atom stereocenters. The molecular formula is C9H19O2. The van der Waals surface area contributed by atoms with Crippen molar-refractivity contribution in [1.29, 1.82) is 0 Å². The Balaban J connectivity index is 2.69. The SMILES string of the molecule is [CH2]CCCCOCCOCC. The molecule has 67 valence electrons. The van der Waals surface area contributed by atoms with Crippen LogP contribution in [0.2, 0.25) is 0 Å². The van der Waals surface area contributed by atoms with Gasteiger partial charge in [-0.05, 0) is 13.3 Å². The van der Waals surface area contributed by atoms with Crippen LogP contribution in [0.15, 0.2) is 0 Å². The molecule has 0 unspecified atom stereocenters. The van der Waals surface area contributed by atoms with Crippen molar-refractivity contribution < 1.29 is 9.47 Å². The van der Waals surface area contributed by atoms with Crippen LogP contribution in [-0.4, -0.2) is 26.4 Å². The van der Waals surface area contributed by atoms with Gasteiger partial charge in [0, 0.05) is 13.2 Å². The Morgan fingerprint density at radius 2 is 1.73 bits per heavy atom. The van der Waals surface area contributed by atoms with E-state index in [0.717, 1.165) is 45.7 Å². The summed E-state index contributed by atoms with van der Waals surface area (Å²) in [6.45, 7) is 8.82. The van der Waals surface area contributed by atoms with Crippen LogP contribution in [0.1, 0.15) is 26.2 Å². The van der Waals surface area contributed by atoms with E-state index in [2.05, 4.69) is 6.92 Å². The monoisotopic (exact) mass is 159 g/mol. The quantitative estimate of drug-likeness (QED) is 0.505. The molecule has 0 heterocycles. The molecule has 1 radical (unpaired) electrons. The Labute approximate surface area is 69.9 Å². The van der Waals surface area contributed by atoms with Gasteiger partial charge in [-0.25, -0.2) is 0 Å². The van der Waals surface area contributed by atoms with Crippen molar-refractivity contribution in [3.63, 3.8) is 0 Å². The summed E-state index contributed by atoms with van der Waals surface area (Å²) in [5, 5.41) is 0. The predicted octanol–water partition coefficient (Wildman–Crippen LogP) is 2.04. The van der Waals surface area contributed by atoms with Crippen LogP contribution in [-0.2, 0) is 9.47 Å². The average Bonchev–Trinajstić information content (AvgIpc) is 2.03. The number of unbranched alkanes of at least 4 members (excludes halogenated alkanes) is 2. The van der Waals surface area contributed by atoms with Crippen LogP contribution in [0.5, 0.6) is 0 Å². The van der Waals surface area contributed by atoms with Crippen molar-refractivity contribution >= 4 is 0 Å². The summed E-state index contributed by atoms with van der Waals surface area (Å²) in [5.41, 5.74) is 0. The van der Waals surface area contributed by atoms with Crippen molar-refractivity contribution in [1.82, 2.24) is 0 Å². The predicted molar refractivity (Wildman–Crippen MR) is 46.5 cm³/mol. The van der Waals surface area contributed by atoms with Gasteiger partial charge in [-0.15, -0.1) is 0 Å². The second kappa shape index (κ2) is 9.92. The van der Waals surface area contributed by atoms with E-state index in [1.165, 1.54) is 0 Å². The van der Waals surface area contributed by atoms with E-state index in [1.54, 1.807) is 0 Å². The van der Waals surface area contributed by atoms with E-state index in [4.69, 9.17) is 9.47 Å². The molecule has 2 nitrogen and oxygen atoms in total. The van der Waals surface area contributed by atoms with Crippen LogP contribution in [0.25, 0.3) is 0 Å². The molecule has 0 saturated heterocycles. The smallest absolute Gasteiger partial charge is 0.0700 e. The Morgan fingerprint density at radius 1 is 1.00 bits per heavy atom. The largest absolute Gasteiger partial charge is 0.379 e. The zero-order valence-electron chi connectivity index (χ0n) is 7.47. The van der Waals surface area contributed by atoms with Gasteiger partial charge in [-0.3, -0.25) is 0 Å². The molecule has 0 aliphatic rings. The molecule has 0 aliphatic carbocycles. The third-order valence-electron chi connectivity index (χ3n) is 1.36. The second-order valence-electron chi connectivity index (χ2n) is 2.37. The third-order valence-corrected chi connectivity index (χ3v) is 1.36. The maximum Gasteiger partial charge on any atom is 0.0700 e. The number of hydrogen-bond acceptors (Lipinski definition) is 2. The van der Waals surface area contributed by atoms with E-state index < -0.39 is 0 Å². The molecule has 0 bridgehead atoms. The van der Waals surface area contributed by atoms with Gasteiger partial charge in [0.1, 0.15) is 0 Å². The molecule has 0 spiro atoms. The van der Waals surface area contributed by atoms with E-state index in [-0.39, 0.29) is 0 Å². The van der Waals surface area contributed by atoms with Gasteiger partial charge in [-0.2, -0.15) is 0 Å². The van der Waals surface area contributed by atoms with E-state index in [9.17, 15) is 0 Å². The standard InChI is InChI=1S/C9H19O2/c1-3-5-6-7-11-9-8-10-4-2/h1,3-9H2,2H3. The van der Waals surface area contributed by atoms with Crippen molar-refractivity contribution in [2.45, 2.75) is 26.2 Å². The molecule has 0 saturated carbocycles. The molecule has 0 aliphatic heterocycles. The first-order valence-electron chi connectivity index (χ1n) is 4.36. The molecular weight excluding hydrogens is 140 g/mol. The summed E-state index contributed by atoms with van der Waals surface area (Å²) in [4.78, 5) is 0.